The van der Waals surface area contributed by atoms with Gasteiger partial charge in [-0.3, -0.25) is 0 Å². The minimum Gasteiger partial charge on any atom is -0.344 e. The van der Waals surface area contributed by atoms with E-state index in [0.717, 1.165) is 51.4 Å². The molecule has 0 saturated heterocycles. The van der Waals surface area contributed by atoms with Gasteiger partial charge in [-0.15, -0.1) is 0 Å². The van der Waals surface area contributed by atoms with E-state index in [1.54, 1.807) is 0 Å². The summed E-state index contributed by atoms with van der Waals surface area (Å²) in [6.07, 6.45) is 8.75. The smallest absolute Gasteiger partial charge is 0.0488 e. The Bertz CT molecular complexity index is 6940. The first-order valence-electron chi connectivity index (χ1n) is 55.5. The topological polar surface area (TPSA) is 4.93 Å². The van der Waals surface area contributed by atoms with Gasteiger partial charge in [-0.1, -0.05) is 550 Å². The van der Waals surface area contributed by atoms with Gasteiger partial charge in [-0.25, -0.2) is 0 Å². The predicted molar refractivity (Wildman–Crippen MR) is 653 cm³/mol. The van der Waals surface area contributed by atoms with Crippen molar-refractivity contribution in [1.82, 2.24) is 4.57 Å². The van der Waals surface area contributed by atoms with Gasteiger partial charge in [0.15, 0.2) is 0 Å². The maximum atomic E-state index is 2.33. The lowest BCUT2D eigenvalue weighted by atomic mass is 9.84. The van der Waals surface area contributed by atoms with E-state index < -0.39 is 0 Å². The molecule has 6 aliphatic rings. The van der Waals surface area contributed by atoms with E-state index in [-0.39, 0.29) is 0 Å². The highest BCUT2D eigenvalue weighted by atomic mass is 14.9. The third-order valence-electron chi connectivity index (χ3n) is 25.4. The molecule has 1 heterocycles. The second-order valence-corrected chi connectivity index (χ2v) is 32.8. The molecule has 18 aromatic carbocycles. The van der Waals surface area contributed by atoms with E-state index in [0.29, 0.717) is 0 Å². The number of nitrogens with zero attached hydrogens (tertiary/aromatic N) is 1. The summed E-state index contributed by atoms with van der Waals surface area (Å²) in [5.41, 5.74) is 46.3. The van der Waals surface area contributed by atoms with Crippen LogP contribution in [0.15, 0.2) is 352 Å². The Labute approximate surface area is 875 Å². The lowest BCUT2D eigenvalue weighted by molar-refractivity contribution is 0.986. The van der Waals surface area contributed by atoms with Crippen LogP contribution in [-0.2, 0) is 58.4 Å². The molecule has 144 heavy (non-hydrogen) atoms. The summed E-state index contributed by atoms with van der Waals surface area (Å²) in [5, 5.41) is 13.6. The number of aromatic nitrogens is 1. The van der Waals surface area contributed by atoms with E-state index >= 15 is 0 Å². The molecule has 1 nitrogen and oxygen atoms in total. The number of aryl methyl sites for hydroxylation is 7. The van der Waals surface area contributed by atoms with Crippen LogP contribution < -0.4 is 0 Å². The molecule has 19 aromatic rings. The monoisotopic (exact) mass is 1910 g/mol. The van der Waals surface area contributed by atoms with Crippen molar-refractivity contribution in [2.24, 2.45) is 7.05 Å². The molecule has 0 spiro atoms. The zero-order valence-corrected chi connectivity index (χ0v) is 95.6. The van der Waals surface area contributed by atoms with E-state index in [4.69, 9.17) is 0 Å². The van der Waals surface area contributed by atoms with Crippen LogP contribution in [0.5, 0.6) is 0 Å². The maximum absolute atomic E-state index is 2.33. The number of fused-ring (bicyclic) bond motifs is 27. The van der Waals surface area contributed by atoms with Crippen molar-refractivity contribution < 1.29 is 0 Å². The van der Waals surface area contributed by atoms with Crippen molar-refractivity contribution >= 4 is 64.9 Å². The van der Waals surface area contributed by atoms with Gasteiger partial charge in [0.25, 0.3) is 0 Å². The molecule has 1 aromatic heterocycles. The minimum atomic E-state index is 1.08. The summed E-state index contributed by atoms with van der Waals surface area (Å²) in [4.78, 5) is 0. The SMILES string of the molecule is CC.CC.CC.CC.CC.CC.CC.CC.CC.CC.CC.CC.CC.CC.Cc1ccc2c(c1)-c1c(ccc3ccccc13)C2.Cc1ccc2c(c1)Cc1ccc3ccccc3c1-2.Cc1ccc2c(c1)Cc1ccccc1C2.Cc1cccc2c1-c1c(ccc3ccccc13)C2.Cc1cccc2c1Cc1ccc3ccccc3c1-2.Cc1cccc2c1Cc1ccccc1C2.Cn1c2ccccc2c2ccccc21. The van der Waals surface area contributed by atoms with E-state index in [1.807, 2.05) is 194 Å². The summed E-state index contributed by atoms with van der Waals surface area (Å²) in [6.45, 7) is 69.2. The third kappa shape index (κ3) is 29.3. The van der Waals surface area contributed by atoms with Crippen molar-refractivity contribution in [2.45, 2.75) is 287 Å². The first-order chi connectivity index (χ1) is 70.9. The van der Waals surface area contributed by atoms with Gasteiger partial charge in [0.2, 0.25) is 0 Å². The van der Waals surface area contributed by atoms with Gasteiger partial charge in [0.1, 0.15) is 0 Å². The van der Waals surface area contributed by atoms with Crippen LogP contribution in [0.2, 0.25) is 0 Å². The molecule has 0 bridgehead atoms. The molecule has 0 fully saturated rings. The van der Waals surface area contributed by atoms with Crippen molar-refractivity contribution in [3.05, 3.63) is 474 Å². The molecule has 0 amide bonds. The summed E-state index contributed by atoms with van der Waals surface area (Å²) in [7, 11) is 2.12. The average molecular weight is 1910 g/mol. The molecule has 0 saturated carbocycles. The normalized spacial score (nSPS) is 10.7. The molecule has 0 atom stereocenters. The van der Waals surface area contributed by atoms with Crippen LogP contribution in [0.4, 0.5) is 0 Å². The van der Waals surface area contributed by atoms with Gasteiger partial charge in [-0.05, 0) is 298 Å². The standard InChI is InChI=1S/4C18H14.2C15H14.C13H11N.14C2H6/c1-12-5-4-7-14-11-15-10-9-13-6-2-3-8-16(13)18(15)17(12)14;1-12-5-4-8-16-17(12)11-14-10-9-13-6-2-3-7-15(13)18(14)16;1-12-6-9-17-15(10-12)11-14-8-7-13-4-2-3-5-16(13)18(14)17;1-12-6-7-14-11-15-9-8-13-4-2-3-5-16(13)18(15)17(14)10-12;1-11-5-4-8-14-9-12-6-2-3-7-13(12)10-15(11)14;1-11-6-7-14-9-12-4-2-3-5-13(12)10-15(14)8-11;1-14-12-8-4-2-6-10(12)11-7-3-5-9-13(11)14;14*1-2/h4*2-10H,11H2,1H3;2*2-8H,9-10H2,1H3;2-9H,1H3;14*1-2H3. The van der Waals surface area contributed by atoms with Gasteiger partial charge >= 0.3 is 0 Å². The molecule has 756 valence electrons. The summed E-state index contributed by atoms with van der Waals surface area (Å²) < 4.78 is 2.24. The van der Waals surface area contributed by atoms with Crippen molar-refractivity contribution in [3.63, 3.8) is 0 Å². The average Bonchev–Trinajstić information content (AvgIpc) is 1.93. The molecular formula is C143H179N. The third-order valence-corrected chi connectivity index (χ3v) is 25.4. The van der Waals surface area contributed by atoms with Crippen molar-refractivity contribution in [1.29, 1.82) is 0 Å². The van der Waals surface area contributed by atoms with Gasteiger partial charge in [0.05, 0.1) is 0 Å². The molecule has 1 heteroatoms. The van der Waals surface area contributed by atoms with Gasteiger partial charge in [0, 0.05) is 28.9 Å². The zero-order valence-electron chi connectivity index (χ0n) is 95.6. The van der Waals surface area contributed by atoms with Crippen LogP contribution in [-0.4, -0.2) is 4.57 Å². The fraction of sp³-hybridized carbons (Fsp3) is 0.301. The quantitative estimate of drug-likeness (QED) is 0.143. The Morgan fingerprint density at radius 3 is 0.875 bits per heavy atom. The number of benzene rings is 18. The maximum Gasteiger partial charge on any atom is 0.0488 e. The highest BCUT2D eigenvalue weighted by Gasteiger charge is 2.26. The summed E-state index contributed by atoms with van der Waals surface area (Å²) >= 11 is 0. The molecule has 0 N–H and O–H groups in total. The minimum absolute atomic E-state index is 1.08. The summed E-state index contributed by atoms with van der Waals surface area (Å²) in [6, 6.07) is 128. The Balaban J connectivity index is 0.000000284. The van der Waals surface area contributed by atoms with Crippen LogP contribution >= 0.6 is 0 Å². The van der Waals surface area contributed by atoms with Crippen LogP contribution in [0.1, 0.15) is 316 Å². The van der Waals surface area contributed by atoms with E-state index in [2.05, 4.69) is 405 Å². The Kier molecular flexibility index (Phi) is 54.9. The molecule has 0 aliphatic heterocycles. The Morgan fingerprint density at radius 2 is 0.417 bits per heavy atom. The number of rotatable bonds is 0. The number of para-hydroxylation sites is 2. The molecule has 0 radical (unpaired) electrons. The first-order valence-corrected chi connectivity index (χ1v) is 55.5. The van der Waals surface area contributed by atoms with E-state index in [9.17, 15) is 0 Å². The zero-order chi connectivity index (χ0) is 106. The van der Waals surface area contributed by atoms with E-state index in [1.165, 1.54) is 232 Å². The predicted octanol–water partition coefficient (Wildman–Crippen LogP) is 43.6. The first kappa shape index (κ1) is 121. The number of hydrogen-bond acceptors (Lipinski definition) is 0. The molecule has 25 rings (SSSR count). The second-order valence-electron chi connectivity index (χ2n) is 32.8. The van der Waals surface area contributed by atoms with Crippen molar-refractivity contribution in [3.8, 4) is 44.5 Å². The second kappa shape index (κ2) is 65.2. The highest BCUT2D eigenvalue weighted by molar-refractivity contribution is 6.09. The molecular weight excluding hydrogens is 1730 g/mol. The fourth-order valence-electron chi connectivity index (χ4n) is 19.5. The van der Waals surface area contributed by atoms with Gasteiger partial charge < -0.3 is 4.57 Å². The highest BCUT2D eigenvalue weighted by Crippen LogP contribution is 2.47. The largest absolute Gasteiger partial charge is 0.344 e. The Hall–Kier alpha value is -13.2. The molecule has 6 aliphatic carbocycles. The van der Waals surface area contributed by atoms with Crippen LogP contribution in [0.25, 0.3) is 109 Å². The Morgan fingerprint density at radius 1 is 0.153 bits per heavy atom. The molecule has 0 unspecified atom stereocenters. The van der Waals surface area contributed by atoms with Gasteiger partial charge in [-0.2, -0.15) is 0 Å². The number of hydrogen-bond donors (Lipinski definition) is 0. The lowest BCUT2D eigenvalue weighted by Crippen LogP contribution is -2.08. The lowest BCUT2D eigenvalue weighted by Gasteiger charge is -2.21. The van der Waals surface area contributed by atoms with Crippen molar-refractivity contribution in [2.75, 3.05) is 0 Å². The van der Waals surface area contributed by atoms with Crippen LogP contribution in [0, 0.1) is 41.5 Å². The fourth-order valence-corrected chi connectivity index (χ4v) is 19.5. The van der Waals surface area contributed by atoms with Crippen LogP contribution in [0.3, 0.4) is 0 Å². The summed E-state index contributed by atoms with van der Waals surface area (Å²) in [5.74, 6) is 0.